The van der Waals surface area contributed by atoms with Crippen molar-refractivity contribution in [2.45, 2.75) is 25.8 Å². The van der Waals surface area contributed by atoms with Crippen molar-refractivity contribution in [3.05, 3.63) is 62.2 Å². The van der Waals surface area contributed by atoms with Crippen LogP contribution in [0.2, 0.25) is 0 Å². The van der Waals surface area contributed by atoms with E-state index in [-0.39, 0.29) is 12.5 Å². The minimum atomic E-state index is 0.0498. The Kier molecular flexibility index (Phi) is 4.41. The molecule has 0 bridgehead atoms. The summed E-state index contributed by atoms with van der Waals surface area (Å²) in [7, 11) is 0. The topological polar surface area (TPSA) is 40.5 Å². The molecule has 1 aliphatic carbocycles. The number of carbonyl (C=O) groups excluding carboxylic acids is 1. The highest BCUT2D eigenvalue weighted by molar-refractivity contribution is 14.1. The maximum atomic E-state index is 12.3. The predicted octanol–water partition coefficient (Wildman–Crippen LogP) is 4.42. The average Bonchev–Trinajstić information content (AvgIpc) is 3.36. The highest BCUT2D eigenvalue weighted by Crippen LogP contribution is 2.47. The third-order valence-corrected chi connectivity index (χ3v) is 5.85. The third kappa shape index (κ3) is 3.25. The fourth-order valence-electron chi connectivity index (χ4n) is 3.63. The molecule has 1 saturated carbocycles. The molecule has 0 radical (unpaired) electrons. The number of aliphatic hydroxyl groups is 1. The second-order valence-corrected chi connectivity index (χ2v) is 8.13. The summed E-state index contributed by atoms with van der Waals surface area (Å²) >= 11 is 2.30. The molecular weight excluding hydrogens is 425 g/mol. The van der Waals surface area contributed by atoms with E-state index in [1.165, 1.54) is 5.56 Å². The number of benzene rings is 2. The Hall–Kier alpha value is -1.66. The van der Waals surface area contributed by atoms with E-state index in [0.717, 1.165) is 32.4 Å². The number of aliphatic hydroxyl groups excluding tert-OH is 1. The summed E-state index contributed by atoms with van der Waals surface area (Å²) < 4.78 is 1.16. The first-order valence-corrected chi connectivity index (χ1v) is 9.64. The van der Waals surface area contributed by atoms with Gasteiger partial charge in [-0.15, -0.1) is 0 Å². The molecule has 1 heterocycles. The first-order valence-electron chi connectivity index (χ1n) is 8.56. The number of hydrogen-bond donors (Lipinski definition) is 1. The van der Waals surface area contributed by atoms with Gasteiger partial charge in [0.2, 0.25) is 5.91 Å². The standard InChI is InChI=1S/C21H20INO2/c1-13(25)23-11-17-8-15(20-10-18(20)12-24)4-2-14(17)3-5-16-9-19(22)6-7-21(16)23/h2-9,18,20,24H,10-12H2,1H3/t18-,20-/m1/s1. The van der Waals surface area contributed by atoms with Crippen molar-refractivity contribution in [3.8, 4) is 0 Å². The zero-order valence-electron chi connectivity index (χ0n) is 14.1. The van der Waals surface area contributed by atoms with Crippen molar-refractivity contribution < 1.29 is 9.90 Å². The second-order valence-electron chi connectivity index (χ2n) is 6.88. The molecule has 1 amide bonds. The zero-order valence-corrected chi connectivity index (χ0v) is 16.2. The first-order chi connectivity index (χ1) is 12.1. The van der Waals surface area contributed by atoms with E-state index in [9.17, 15) is 9.90 Å². The van der Waals surface area contributed by atoms with Crippen molar-refractivity contribution >= 4 is 46.3 Å². The Labute approximate surface area is 161 Å². The van der Waals surface area contributed by atoms with Gasteiger partial charge in [-0.2, -0.15) is 0 Å². The molecule has 1 fully saturated rings. The van der Waals surface area contributed by atoms with Gasteiger partial charge in [-0.3, -0.25) is 4.79 Å². The zero-order chi connectivity index (χ0) is 17.6. The lowest BCUT2D eigenvalue weighted by atomic mass is 9.97. The Morgan fingerprint density at radius 3 is 2.72 bits per heavy atom. The van der Waals surface area contributed by atoms with Gasteiger partial charge in [0.1, 0.15) is 0 Å². The summed E-state index contributed by atoms with van der Waals surface area (Å²) in [6.45, 7) is 2.46. The number of fused-ring (bicyclic) bond motifs is 2. The van der Waals surface area contributed by atoms with Gasteiger partial charge in [0.15, 0.2) is 0 Å². The van der Waals surface area contributed by atoms with E-state index >= 15 is 0 Å². The molecule has 4 heteroatoms. The van der Waals surface area contributed by atoms with Crippen LogP contribution in [-0.4, -0.2) is 17.6 Å². The predicted molar refractivity (Wildman–Crippen MR) is 109 cm³/mol. The first kappa shape index (κ1) is 16.8. The van der Waals surface area contributed by atoms with E-state index in [4.69, 9.17) is 0 Å². The molecule has 0 spiro atoms. The monoisotopic (exact) mass is 445 g/mol. The summed E-state index contributed by atoms with van der Waals surface area (Å²) in [5.41, 5.74) is 5.62. The number of anilines is 1. The Bertz CT molecular complexity index is 874. The molecule has 2 aromatic carbocycles. The summed E-state index contributed by atoms with van der Waals surface area (Å²) in [5.74, 6) is 0.909. The summed E-state index contributed by atoms with van der Waals surface area (Å²) in [4.78, 5) is 14.2. The molecule has 0 saturated heterocycles. The van der Waals surface area contributed by atoms with Crippen LogP contribution in [0.3, 0.4) is 0 Å². The summed E-state index contributed by atoms with van der Waals surface area (Å²) in [5, 5.41) is 9.34. The van der Waals surface area contributed by atoms with E-state index in [2.05, 4.69) is 59.0 Å². The van der Waals surface area contributed by atoms with Gasteiger partial charge in [-0.25, -0.2) is 0 Å². The Morgan fingerprint density at radius 2 is 2.00 bits per heavy atom. The van der Waals surface area contributed by atoms with Crippen LogP contribution in [0.15, 0.2) is 36.4 Å². The van der Waals surface area contributed by atoms with Crippen LogP contribution in [-0.2, 0) is 11.3 Å². The van der Waals surface area contributed by atoms with E-state index < -0.39 is 0 Å². The maximum absolute atomic E-state index is 12.3. The van der Waals surface area contributed by atoms with Gasteiger partial charge in [0, 0.05) is 17.1 Å². The number of hydrogen-bond acceptors (Lipinski definition) is 2. The summed E-state index contributed by atoms with van der Waals surface area (Å²) in [6.07, 6.45) is 5.30. The van der Waals surface area contributed by atoms with Crippen LogP contribution in [0.4, 0.5) is 5.69 Å². The SMILES string of the molecule is CC(=O)N1Cc2cc([C@H]3C[C@@H]3CO)ccc2C=Cc2cc(I)ccc21. The molecule has 2 atom stereocenters. The average molecular weight is 445 g/mol. The fourth-order valence-corrected chi connectivity index (χ4v) is 4.15. The minimum Gasteiger partial charge on any atom is -0.396 e. The van der Waals surface area contributed by atoms with Crippen molar-refractivity contribution in [2.75, 3.05) is 11.5 Å². The van der Waals surface area contributed by atoms with E-state index in [1.54, 1.807) is 6.92 Å². The fraction of sp³-hybridized carbons (Fsp3) is 0.286. The summed E-state index contributed by atoms with van der Waals surface area (Å²) in [6, 6.07) is 12.7. The highest BCUT2D eigenvalue weighted by atomic mass is 127. The minimum absolute atomic E-state index is 0.0498. The molecule has 2 aliphatic rings. The van der Waals surface area contributed by atoms with Crippen molar-refractivity contribution in [3.63, 3.8) is 0 Å². The second kappa shape index (κ2) is 6.57. The lowest BCUT2D eigenvalue weighted by Crippen LogP contribution is -2.29. The smallest absolute Gasteiger partial charge is 0.224 e. The van der Waals surface area contributed by atoms with Crippen LogP contribution in [0, 0.1) is 9.49 Å². The number of halogens is 1. The molecule has 4 rings (SSSR count). The molecular formula is C21H20INO2. The van der Waals surface area contributed by atoms with Gasteiger partial charge in [-0.05, 0) is 81.3 Å². The van der Waals surface area contributed by atoms with Crippen molar-refractivity contribution in [2.24, 2.45) is 5.92 Å². The van der Waals surface area contributed by atoms with Crippen molar-refractivity contribution in [1.82, 2.24) is 0 Å². The molecule has 1 aliphatic heterocycles. The van der Waals surface area contributed by atoms with Gasteiger partial charge < -0.3 is 10.0 Å². The lowest BCUT2D eigenvalue weighted by molar-refractivity contribution is -0.116. The molecule has 2 aromatic rings. The Morgan fingerprint density at radius 1 is 1.20 bits per heavy atom. The molecule has 128 valence electrons. The van der Waals surface area contributed by atoms with Crippen LogP contribution in [0.5, 0.6) is 0 Å². The number of rotatable bonds is 2. The van der Waals surface area contributed by atoms with Crippen LogP contribution in [0.1, 0.15) is 41.5 Å². The largest absolute Gasteiger partial charge is 0.396 e. The van der Waals surface area contributed by atoms with Crippen LogP contribution < -0.4 is 4.90 Å². The van der Waals surface area contributed by atoms with Crippen LogP contribution in [0.25, 0.3) is 12.2 Å². The molecule has 25 heavy (non-hydrogen) atoms. The van der Waals surface area contributed by atoms with E-state index in [0.29, 0.717) is 18.4 Å². The van der Waals surface area contributed by atoms with Gasteiger partial charge in [-0.1, -0.05) is 30.4 Å². The van der Waals surface area contributed by atoms with Gasteiger partial charge in [0.05, 0.1) is 12.2 Å². The normalized spacial score (nSPS) is 21.2. The lowest BCUT2D eigenvalue weighted by Gasteiger charge is -2.26. The molecule has 1 N–H and O–H groups in total. The molecule has 0 unspecified atom stereocenters. The van der Waals surface area contributed by atoms with Gasteiger partial charge >= 0.3 is 0 Å². The van der Waals surface area contributed by atoms with E-state index in [1.807, 2.05) is 17.0 Å². The maximum Gasteiger partial charge on any atom is 0.224 e. The van der Waals surface area contributed by atoms with Crippen molar-refractivity contribution in [1.29, 1.82) is 0 Å². The quantitative estimate of drug-likeness (QED) is 0.696. The number of nitrogens with zero attached hydrogens (tertiary/aromatic N) is 1. The third-order valence-electron chi connectivity index (χ3n) is 5.18. The van der Waals surface area contributed by atoms with Gasteiger partial charge in [0.25, 0.3) is 0 Å². The van der Waals surface area contributed by atoms with Crippen LogP contribution >= 0.6 is 22.6 Å². The molecule has 0 aromatic heterocycles. The molecule has 3 nitrogen and oxygen atoms in total. The highest BCUT2D eigenvalue weighted by Gasteiger charge is 2.37. The Balaban J connectivity index is 1.78. The number of carbonyl (C=O) groups is 1. The number of amides is 1.